The van der Waals surface area contributed by atoms with Gasteiger partial charge in [-0.25, -0.2) is 8.78 Å². The fraction of sp³-hybridized carbons (Fsp3) is 0.615. The third kappa shape index (κ3) is 2.51. The van der Waals surface area contributed by atoms with Gasteiger partial charge in [0.1, 0.15) is 0 Å². The fourth-order valence-corrected chi connectivity index (χ4v) is 1.96. The Morgan fingerprint density at radius 3 is 2.16 bits per heavy atom. The highest BCUT2D eigenvalue weighted by Crippen LogP contribution is 2.37. The molecule has 0 N–H and O–H groups in total. The summed E-state index contributed by atoms with van der Waals surface area (Å²) in [6, 6.07) is 1.31. The highest BCUT2D eigenvalue weighted by atomic mass is 19.3. The standard InChI is InChI=1S/C13H18BF2NO2/c1-11(2)12(3,4)19-14(18-11)10-8-17-7-6-9(10)13(5,15)16/h6-8H,1-5H3. The molecule has 6 heteroatoms. The van der Waals surface area contributed by atoms with Gasteiger partial charge < -0.3 is 9.31 Å². The molecule has 1 saturated heterocycles. The highest BCUT2D eigenvalue weighted by molar-refractivity contribution is 6.62. The Balaban J connectivity index is 2.41. The van der Waals surface area contributed by atoms with Gasteiger partial charge in [-0.15, -0.1) is 0 Å². The van der Waals surface area contributed by atoms with E-state index >= 15 is 0 Å². The largest absolute Gasteiger partial charge is 0.496 e. The number of halogens is 2. The molecule has 0 amide bonds. The van der Waals surface area contributed by atoms with E-state index in [1.807, 2.05) is 27.7 Å². The molecule has 1 aliphatic rings. The molecule has 1 aromatic rings. The van der Waals surface area contributed by atoms with E-state index in [0.717, 1.165) is 6.92 Å². The molecule has 0 unspecified atom stereocenters. The zero-order valence-corrected chi connectivity index (χ0v) is 11.8. The predicted octanol–water partition coefficient (Wildman–Crippen LogP) is 2.49. The van der Waals surface area contributed by atoms with Crippen LogP contribution in [0.3, 0.4) is 0 Å². The van der Waals surface area contributed by atoms with Crippen LogP contribution in [-0.2, 0) is 15.2 Å². The van der Waals surface area contributed by atoms with Gasteiger partial charge in [0, 0.05) is 30.3 Å². The van der Waals surface area contributed by atoms with Crippen molar-refractivity contribution in [3.63, 3.8) is 0 Å². The van der Waals surface area contributed by atoms with Crippen LogP contribution in [-0.4, -0.2) is 23.3 Å². The molecule has 0 aliphatic carbocycles. The first-order chi connectivity index (χ1) is 8.55. The summed E-state index contributed by atoms with van der Waals surface area (Å²) in [7, 11) is -0.820. The van der Waals surface area contributed by atoms with E-state index in [2.05, 4.69) is 4.98 Å². The van der Waals surface area contributed by atoms with E-state index in [4.69, 9.17) is 9.31 Å². The average Bonchev–Trinajstić information content (AvgIpc) is 2.47. The lowest BCUT2D eigenvalue weighted by Crippen LogP contribution is -2.41. The summed E-state index contributed by atoms with van der Waals surface area (Å²) in [5, 5.41) is 0. The van der Waals surface area contributed by atoms with E-state index < -0.39 is 24.2 Å². The van der Waals surface area contributed by atoms with E-state index in [1.165, 1.54) is 18.5 Å². The van der Waals surface area contributed by atoms with Crippen molar-refractivity contribution >= 4 is 12.6 Å². The summed E-state index contributed by atoms with van der Waals surface area (Å²) in [5.74, 6) is -2.96. The average molecular weight is 269 g/mol. The van der Waals surface area contributed by atoms with Gasteiger partial charge in [0.05, 0.1) is 11.2 Å². The van der Waals surface area contributed by atoms with Gasteiger partial charge in [0.25, 0.3) is 5.92 Å². The van der Waals surface area contributed by atoms with Crippen LogP contribution >= 0.6 is 0 Å². The molecule has 1 fully saturated rings. The maximum Gasteiger partial charge on any atom is 0.496 e. The Labute approximate surface area is 112 Å². The van der Waals surface area contributed by atoms with Gasteiger partial charge in [-0.1, -0.05) is 0 Å². The first kappa shape index (κ1) is 14.4. The summed E-state index contributed by atoms with van der Waals surface area (Å²) >= 11 is 0. The second-order valence-electron chi connectivity index (χ2n) is 5.94. The van der Waals surface area contributed by atoms with Crippen molar-refractivity contribution in [2.24, 2.45) is 0 Å². The summed E-state index contributed by atoms with van der Waals surface area (Å²) in [5.41, 5.74) is -0.948. The lowest BCUT2D eigenvalue weighted by Gasteiger charge is -2.32. The summed E-state index contributed by atoms with van der Waals surface area (Å²) in [6.45, 7) is 8.39. The second kappa shape index (κ2) is 4.25. The van der Waals surface area contributed by atoms with Crippen molar-refractivity contribution in [1.82, 2.24) is 4.98 Å². The van der Waals surface area contributed by atoms with E-state index in [9.17, 15) is 8.78 Å². The number of hydrogen-bond donors (Lipinski definition) is 0. The van der Waals surface area contributed by atoms with Gasteiger partial charge in [0.15, 0.2) is 0 Å². The summed E-state index contributed by atoms with van der Waals surface area (Å²) in [4.78, 5) is 3.91. The minimum Gasteiger partial charge on any atom is -0.399 e. The molecule has 0 bridgehead atoms. The molecule has 0 radical (unpaired) electrons. The van der Waals surface area contributed by atoms with Crippen molar-refractivity contribution in [1.29, 1.82) is 0 Å². The minimum absolute atomic E-state index is 0.110. The van der Waals surface area contributed by atoms with Crippen LogP contribution in [0.4, 0.5) is 8.78 Å². The number of rotatable bonds is 2. The molecule has 2 rings (SSSR count). The lowest BCUT2D eigenvalue weighted by atomic mass is 9.76. The first-order valence-electron chi connectivity index (χ1n) is 6.22. The van der Waals surface area contributed by atoms with Crippen LogP contribution in [0.1, 0.15) is 40.2 Å². The lowest BCUT2D eigenvalue weighted by molar-refractivity contribution is 0.00578. The third-order valence-electron chi connectivity index (χ3n) is 3.83. The smallest absolute Gasteiger partial charge is 0.399 e. The Kier molecular flexibility index (Phi) is 3.22. The molecule has 0 spiro atoms. The van der Waals surface area contributed by atoms with Gasteiger partial charge in [-0.05, 0) is 33.8 Å². The van der Waals surface area contributed by atoms with Crippen molar-refractivity contribution in [2.75, 3.05) is 0 Å². The predicted molar refractivity (Wildman–Crippen MR) is 69.5 cm³/mol. The third-order valence-corrected chi connectivity index (χ3v) is 3.83. The van der Waals surface area contributed by atoms with Gasteiger partial charge in [0.2, 0.25) is 0 Å². The molecular weight excluding hydrogens is 251 g/mol. The molecular formula is C13H18BF2NO2. The SMILES string of the molecule is CC(F)(F)c1ccncc1B1OC(C)(C)C(C)(C)O1. The summed E-state index contributed by atoms with van der Waals surface area (Å²) in [6.07, 6.45) is 2.73. The van der Waals surface area contributed by atoms with Crippen LogP contribution in [0, 0.1) is 0 Å². The maximum absolute atomic E-state index is 13.6. The Morgan fingerprint density at radius 1 is 1.16 bits per heavy atom. The van der Waals surface area contributed by atoms with E-state index in [0.29, 0.717) is 0 Å². The summed E-state index contributed by atoms with van der Waals surface area (Å²) < 4.78 is 38.8. The zero-order chi connectivity index (χ0) is 14.5. The molecule has 0 atom stereocenters. The van der Waals surface area contributed by atoms with Crippen LogP contribution < -0.4 is 5.46 Å². The quantitative estimate of drug-likeness (QED) is 0.773. The van der Waals surface area contributed by atoms with Gasteiger partial charge >= 0.3 is 7.12 Å². The van der Waals surface area contributed by atoms with Crippen molar-refractivity contribution < 1.29 is 18.1 Å². The molecule has 2 heterocycles. The Hall–Kier alpha value is -1.01. The second-order valence-corrected chi connectivity index (χ2v) is 5.94. The monoisotopic (exact) mass is 269 g/mol. The van der Waals surface area contributed by atoms with Gasteiger partial charge in [-0.2, -0.15) is 0 Å². The molecule has 1 aromatic heterocycles. The van der Waals surface area contributed by atoms with Crippen LogP contribution in [0.2, 0.25) is 0 Å². The number of pyridine rings is 1. The number of nitrogens with zero attached hydrogens (tertiary/aromatic N) is 1. The Morgan fingerprint density at radius 2 is 1.68 bits per heavy atom. The Bertz CT molecular complexity index is 470. The number of hydrogen-bond acceptors (Lipinski definition) is 3. The van der Waals surface area contributed by atoms with Crippen molar-refractivity contribution in [2.45, 2.75) is 51.7 Å². The molecule has 104 valence electrons. The van der Waals surface area contributed by atoms with Gasteiger partial charge in [-0.3, -0.25) is 4.98 Å². The fourth-order valence-electron chi connectivity index (χ4n) is 1.96. The van der Waals surface area contributed by atoms with Crippen LogP contribution in [0.5, 0.6) is 0 Å². The van der Waals surface area contributed by atoms with E-state index in [1.54, 1.807) is 0 Å². The highest BCUT2D eigenvalue weighted by Gasteiger charge is 2.53. The van der Waals surface area contributed by atoms with E-state index in [-0.39, 0.29) is 11.0 Å². The normalized spacial score (nSPS) is 21.7. The van der Waals surface area contributed by atoms with Crippen molar-refractivity contribution in [3.8, 4) is 0 Å². The molecule has 19 heavy (non-hydrogen) atoms. The maximum atomic E-state index is 13.6. The molecule has 0 saturated carbocycles. The van der Waals surface area contributed by atoms with Crippen LogP contribution in [0.15, 0.2) is 18.5 Å². The molecule has 3 nitrogen and oxygen atoms in total. The number of alkyl halides is 2. The van der Waals surface area contributed by atoms with Crippen molar-refractivity contribution in [3.05, 3.63) is 24.0 Å². The zero-order valence-electron chi connectivity index (χ0n) is 11.8. The van der Waals surface area contributed by atoms with Crippen LogP contribution in [0.25, 0.3) is 0 Å². The topological polar surface area (TPSA) is 31.4 Å². The molecule has 0 aromatic carbocycles. The minimum atomic E-state index is -2.96. The molecule has 1 aliphatic heterocycles. The number of aromatic nitrogens is 1. The first-order valence-corrected chi connectivity index (χ1v) is 6.22.